The molecule has 0 bridgehead atoms. The number of piperidine rings is 1. The summed E-state index contributed by atoms with van der Waals surface area (Å²) >= 11 is 0. The molecule has 1 N–H and O–H groups in total. The molecule has 3 aromatic carbocycles. The topological polar surface area (TPSA) is 62.3 Å². The number of para-hydroxylation sites is 1. The monoisotopic (exact) mass is 463 g/mol. The number of fused-ring (bicyclic) bond motifs is 1. The number of aryl methyl sites for hydroxylation is 1. The zero-order valence-corrected chi connectivity index (χ0v) is 19.9. The average molecular weight is 464 g/mol. The number of aromatic nitrogens is 1. The summed E-state index contributed by atoms with van der Waals surface area (Å²) in [5.41, 5.74) is 4.55. The van der Waals surface area contributed by atoms with Gasteiger partial charge in [0.05, 0.1) is 17.3 Å². The number of nitrogens with zero attached hydrogens (tertiary/aromatic N) is 2. The lowest BCUT2D eigenvalue weighted by Crippen LogP contribution is -2.44. The van der Waals surface area contributed by atoms with Crippen LogP contribution in [0.15, 0.2) is 91.0 Å². The first-order valence-corrected chi connectivity index (χ1v) is 12.2. The maximum Gasteiger partial charge on any atom is 0.253 e. The number of likely N-dealkylation sites (tertiary alicyclic amines) is 1. The Morgan fingerprint density at radius 1 is 0.857 bits per heavy atom. The van der Waals surface area contributed by atoms with Gasteiger partial charge in [0.1, 0.15) is 0 Å². The van der Waals surface area contributed by atoms with E-state index in [1.807, 2.05) is 96.8 Å². The number of nitrogens with one attached hydrogen (secondary N) is 1. The van der Waals surface area contributed by atoms with Crippen LogP contribution in [0.2, 0.25) is 0 Å². The van der Waals surface area contributed by atoms with Crippen LogP contribution in [0, 0.1) is 12.8 Å². The first kappa shape index (κ1) is 22.8. The molecule has 1 fully saturated rings. The summed E-state index contributed by atoms with van der Waals surface area (Å²) in [7, 11) is 0. The van der Waals surface area contributed by atoms with Crippen molar-refractivity contribution in [2.24, 2.45) is 5.92 Å². The third-order valence-corrected chi connectivity index (χ3v) is 6.79. The minimum atomic E-state index is -0.333. The van der Waals surface area contributed by atoms with Crippen LogP contribution in [-0.2, 0) is 4.79 Å². The van der Waals surface area contributed by atoms with Gasteiger partial charge in [-0.2, -0.15) is 0 Å². The van der Waals surface area contributed by atoms with Crippen molar-refractivity contribution in [1.82, 2.24) is 15.2 Å². The molecule has 1 aliphatic heterocycles. The van der Waals surface area contributed by atoms with Crippen molar-refractivity contribution in [2.75, 3.05) is 13.1 Å². The second kappa shape index (κ2) is 10.1. The lowest BCUT2D eigenvalue weighted by atomic mass is 9.94. The summed E-state index contributed by atoms with van der Waals surface area (Å²) < 4.78 is 0. The fourth-order valence-corrected chi connectivity index (χ4v) is 4.70. The van der Waals surface area contributed by atoms with Gasteiger partial charge in [-0.1, -0.05) is 72.3 Å². The number of rotatable bonds is 5. The number of benzene rings is 3. The van der Waals surface area contributed by atoms with Gasteiger partial charge in [0.2, 0.25) is 5.91 Å². The molecule has 5 heteroatoms. The molecule has 0 radical (unpaired) electrons. The van der Waals surface area contributed by atoms with Gasteiger partial charge in [0.15, 0.2) is 0 Å². The zero-order chi connectivity index (χ0) is 24.2. The fraction of sp³-hybridized carbons (Fsp3) is 0.233. The molecule has 5 rings (SSSR count). The highest BCUT2D eigenvalue weighted by molar-refractivity contribution is 5.94. The van der Waals surface area contributed by atoms with E-state index in [0.29, 0.717) is 31.5 Å². The van der Waals surface area contributed by atoms with Gasteiger partial charge >= 0.3 is 0 Å². The van der Waals surface area contributed by atoms with Crippen molar-refractivity contribution in [3.63, 3.8) is 0 Å². The van der Waals surface area contributed by atoms with Gasteiger partial charge in [-0.05, 0) is 49.6 Å². The van der Waals surface area contributed by atoms with Crippen molar-refractivity contribution in [1.29, 1.82) is 0 Å². The van der Waals surface area contributed by atoms with Crippen molar-refractivity contribution in [3.8, 4) is 0 Å². The summed E-state index contributed by atoms with van der Waals surface area (Å²) in [6.07, 6.45) is 1.30. The van der Waals surface area contributed by atoms with Gasteiger partial charge in [0.25, 0.3) is 5.91 Å². The van der Waals surface area contributed by atoms with E-state index in [4.69, 9.17) is 4.98 Å². The van der Waals surface area contributed by atoms with Gasteiger partial charge in [-0.15, -0.1) is 0 Å². The van der Waals surface area contributed by atoms with E-state index in [9.17, 15) is 9.59 Å². The Morgan fingerprint density at radius 2 is 1.54 bits per heavy atom. The molecule has 4 aromatic rings. The van der Waals surface area contributed by atoms with E-state index in [2.05, 4.69) is 11.4 Å². The van der Waals surface area contributed by atoms with Crippen LogP contribution < -0.4 is 5.32 Å². The molecule has 1 unspecified atom stereocenters. The Bertz CT molecular complexity index is 1330. The minimum Gasteiger partial charge on any atom is -0.343 e. The Kier molecular flexibility index (Phi) is 6.57. The lowest BCUT2D eigenvalue weighted by molar-refractivity contribution is -0.126. The van der Waals surface area contributed by atoms with Crippen LogP contribution in [0.3, 0.4) is 0 Å². The van der Waals surface area contributed by atoms with E-state index >= 15 is 0 Å². The Balaban J connectivity index is 1.30. The molecule has 1 atom stereocenters. The Hall–Kier alpha value is -3.99. The smallest absolute Gasteiger partial charge is 0.253 e. The zero-order valence-electron chi connectivity index (χ0n) is 19.9. The number of carbonyl (C=O) groups excluding carboxylic acids is 2. The molecule has 0 saturated carbocycles. The quantitative estimate of drug-likeness (QED) is 0.437. The highest BCUT2D eigenvalue weighted by atomic mass is 16.2. The summed E-state index contributed by atoms with van der Waals surface area (Å²) in [6.45, 7) is 3.17. The van der Waals surface area contributed by atoms with Crippen molar-refractivity contribution in [2.45, 2.75) is 25.8 Å². The van der Waals surface area contributed by atoms with E-state index in [1.165, 1.54) is 0 Å². The second-order valence-corrected chi connectivity index (χ2v) is 9.21. The van der Waals surface area contributed by atoms with E-state index in [0.717, 1.165) is 27.7 Å². The maximum atomic E-state index is 13.4. The third kappa shape index (κ3) is 5.09. The number of pyridine rings is 1. The highest BCUT2D eigenvalue weighted by Crippen LogP contribution is 2.26. The Morgan fingerprint density at radius 3 is 2.29 bits per heavy atom. The number of carbonyl (C=O) groups is 2. The van der Waals surface area contributed by atoms with Gasteiger partial charge < -0.3 is 10.2 Å². The molecule has 1 aliphatic rings. The normalized spacial score (nSPS) is 15.1. The number of amides is 2. The van der Waals surface area contributed by atoms with Crippen molar-refractivity contribution < 1.29 is 9.59 Å². The molecule has 0 aliphatic carbocycles. The standard InChI is InChI=1S/C30H29N3O2/c1-21-11-13-25(14-12-21)30(35)33-19-17-24(18-20-33)29(34)32-28(23-8-3-2-4-9-23)27-16-15-22-7-5-6-10-26(22)31-27/h2-16,24,28H,17-20H2,1H3,(H,32,34). The van der Waals surface area contributed by atoms with E-state index in [-0.39, 0.29) is 23.8 Å². The summed E-state index contributed by atoms with van der Waals surface area (Å²) in [5.74, 6) is -0.0913. The van der Waals surface area contributed by atoms with Crippen LogP contribution in [0.25, 0.3) is 10.9 Å². The highest BCUT2D eigenvalue weighted by Gasteiger charge is 2.30. The predicted octanol–water partition coefficient (Wildman–Crippen LogP) is 5.30. The molecule has 1 saturated heterocycles. The molecule has 0 spiro atoms. The largest absolute Gasteiger partial charge is 0.343 e. The molecule has 35 heavy (non-hydrogen) atoms. The second-order valence-electron chi connectivity index (χ2n) is 9.21. The first-order chi connectivity index (χ1) is 17.1. The molecule has 5 nitrogen and oxygen atoms in total. The van der Waals surface area contributed by atoms with Gasteiger partial charge in [-0.3, -0.25) is 14.6 Å². The summed E-state index contributed by atoms with van der Waals surface area (Å²) in [5, 5.41) is 4.33. The number of hydrogen-bond acceptors (Lipinski definition) is 3. The third-order valence-electron chi connectivity index (χ3n) is 6.79. The molecule has 2 heterocycles. The lowest BCUT2D eigenvalue weighted by Gasteiger charge is -2.32. The molecule has 176 valence electrons. The molecular weight excluding hydrogens is 434 g/mol. The number of hydrogen-bond donors (Lipinski definition) is 1. The van der Waals surface area contributed by atoms with Crippen LogP contribution in [-0.4, -0.2) is 34.8 Å². The summed E-state index contributed by atoms with van der Waals surface area (Å²) in [6, 6.07) is 29.3. The first-order valence-electron chi connectivity index (χ1n) is 12.2. The SMILES string of the molecule is Cc1ccc(C(=O)N2CCC(C(=O)NC(c3ccccc3)c3ccc4ccccc4n3)CC2)cc1. The van der Waals surface area contributed by atoms with Crippen molar-refractivity contribution in [3.05, 3.63) is 113 Å². The van der Waals surface area contributed by atoms with Crippen LogP contribution >= 0.6 is 0 Å². The Labute approximate surface area is 205 Å². The van der Waals surface area contributed by atoms with Crippen LogP contribution in [0.5, 0.6) is 0 Å². The predicted molar refractivity (Wildman–Crippen MR) is 138 cm³/mol. The fourth-order valence-electron chi connectivity index (χ4n) is 4.70. The van der Waals surface area contributed by atoms with Crippen molar-refractivity contribution >= 4 is 22.7 Å². The van der Waals surface area contributed by atoms with Gasteiger partial charge in [0, 0.05) is 30.0 Å². The van der Waals surface area contributed by atoms with Crippen LogP contribution in [0.4, 0.5) is 0 Å². The molecule has 2 amide bonds. The van der Waals surface area contributed by atoms with Gasteiger partial charge in [-0.25, -0.2) is 0 Å². The van der Waals surface area contributed by atoms with E-state index in [1.54, 1.807) is 0 Å². The molecular formula is C30H29N3O2. The average Bonchev–Trinajstić information content (AvgIpc) is 2.92. The minimum absolute atomic E-state index is 0.0104. The maximum absolute atomic E-state index is 13.4. The summed E-state index contributed by atoms with van der Waals surface area (Å²) in [4.78, 5) is 32.9. The van der Waals surface area contributed by atoms with Crippen LogP contribution in [0.1, 0.15) is 46.1 Å². The van der Waals surface area contributed by atoms with E-state index < -0.39 is 0 Å². The molecule has 1 aromatic heterocycles.